The number of nitrogens with zero attached hydrogens (tertiary/aromatic N) is 3. The van der Waals surface area contributed by atoms with Crippen LogP contribution in [0.5, 0.6) is 0 Å². The average molecular weight is 399 g/mol. The van der Waals surface area contributed by atoms with Crippen molar-refractivity contribution in [3.63, 3.8) is 0 Å². The van der Waals surface area contributed by atoms with Gasteiger partial charge in [-0.3, -0.25) is 4.98 Å². The summed E-state index contributed by atoms with van der Waals surface area (Å²) in [6.07, 6.45) is 3.60. The normalized spacial score (nSPS) is 11.2. The maximum atomic E-state index is 6.14. The first-order chi connectivity index (χ1) is 14.2. The summed E-state index contributed by atoms with van der Waals surface area (Å²) >= 11 is 6.14. The molecule has 0 amide bonds. The molecule has 0 atom stereocenters. The van der Waals surface area contributed by atoms with E-state index in [0.29, 0.717) is 0 Å². The fraction of sp³-hybridized carbons (Fsp3) is 0.0833. The predicted octanol–water partition coefficient (Wildman–Crippen LogP) is 6.43. The molecule has 0 fully saturated rings. The van der Waals surface area contributed by atoms with E-state index in [1.165, 1.54) is 5.39 Å². The van der Waals surface area contributed by atoms with Gasteiger partial charge in [-0.25, -0.2) is 4.98 Å². The lowest BCUT2D eigenvalue weighted by molar-refractivity contribution is 0.776. The molecule has 3 heterocycles. The van der Waals surface area contributed by atoms with Crippen molar-refractivity contribution in [1.29, 1.82) is 0 Å². The fourth-order valence-electron chi connectivity index (χ4n) is 3.77. The molecule has 5 heteroatoms. The molecule has 0 aliphatic rings. The number of aromatic nitrogens is 4. The van der Waals surface area contributed by atoms with E-state index in [9.17, 15) is 0 Å². The maximum absolute atomic E-state index is 6.14. The second kappa shape index (κ2) is 7.22. The van der Waals surface area contributed by atoms with Gasteiger partial charge in [-0.15, -0.1) is 0 Å². The first-order valence-corrected chi connectivity index (χ1v) is 9.97. The molecule has 29 heavy (non-hydrogen) atoms. The highest BCUT2D eigenvalue weighted by Gasteiger charge is 2.21. The molecular weight excluding hydrogens is 380 g/mol. The van der Waals surface area contributed by atoms with E-state index in [2.05, 4.69) is 39.7 Å². The summed E-state index contributed by atoms with van der Waals surface area (Å²) in [5.41, 5.74) is 6.23. The zero-order chi connectivity index (χ0) is 19.8. The van der Waals surface area contributed by atoms with E-state index < -0.39 is 0 Å². The van der Waals surface area contributed by atoms with Crippen LogP contribution in [0.3, 0.4) is 0 Å². The smallest absolute Gasteiger partial charge is 0.157 e. The van der Waals surface area contributed by atoms with Crippen LogP contribution in [0.25, 0.3) is 44.9 Å². The minimum atomic E-state index is 0.720. The van der Waals surface area contributed by atoms with Gasteiger partial charge in [0.05, 0.1) is 17.1 Å². The minimum absolute atomic E-state index is 0.720. The largest absolute Gasteiger partial charge is 0.352 e. The van der Waals surface area contributed by atoms with Gasteiger partial charge in [-0.1, -0.05) is 41.9 Å². The quantitative estimate of drug-likeness (QED) is 0.379. The number of hydrogen-bond donors (Lipinski definition) is 1. The Kier molecular flexibility index (Phi) is 4.41. The first kappa shape index (κ1) is 17.7. The highest BCUT2D eigenvalue weighted by molar-refractivity contribution is 6.30. The van der Waals surface area contributed by atoms with Crippen molar-refractivity contribution in [3.05, 3.63) is 84.1 Å². The van der Waals surface area contributed by atoms with Crippen LogP contribution in [0, 0.1) is 0 Å². The second-order valence-electron chi connectivity index (χ2n) is 6.89. The third-order valence-electron chi connectivity index (χ3n) is 5.13. The Balaban J connectivity index is 1.79. The Labute approximate surface area is 173 Å². The molecule has 0 saturated carbocycles. The molecule has 5 aromatic rings. The lowest BCUT2D eigenvalue weighted by atomic mass is 10.1. The highest BCUT2D eigenvalue weighted by Crippen LogP contribution is 2.37. The van der Waals surface area contributed by atoms with Crippen LogP contribution in [0.1, 0.15) is 6.92 Å². The molecular formula is C24H19ClN4. The van der Waals surface area contributed by atoms with E-state index in [1.54, 1.807) is 12.4 Å². The van der Waals surface area contributed by atoms with Gasteiger partial charge in [0.25, 0.3) is 0 Å². The van der Waals surface area contributed by atoms with Gasteiger partial charge < -0.3 is 9.55 Å². The van der Waals surface area contributed by atoms with E-state index in [-0.39, 0.29) is 0 Å². The number of halogens is 1. The van der Waals surface area contributed by atoms with Gasteiger partial charge in [-0.2, -0.15) is 0 Å². The predicted molar refractivity (Wildman–Crippen MR) is 119 cm³/mol. The number of imidazole rings is 1. The van der Waals surface area contributed by atoms with Crippen molar-refractivity contribution >= 4 is 22.5 Å². The number of benzene rings is 2. The summed E-state index contributed by atoms with van der Waals surface area (Å²) in [5, 5.41) is 1.89. The van der Waals surface area contributed by atoms with Crippen molar-refractivity contribution in [2.75, 3.05) is 0 Å². The topological polar surface area (TPSA) is 46.5 Å². The van der Waals surface area contributed by atoms with Crippen LogP contribution in [0.15, 0.2) is 79.1 Å². The molecule has 1 N–H and O–H groups in total. The Morgan fingerprint density at radius 2 is 1.69 bits per heavy atom. The zero-order valence-electron chi connectivity index (χ0n) is 15.9. The van der Waals surface area contributed by atoms with Gasteiger partial charge >= 0.3 is 0 Å². The number of para-hydroxylation sites is 1. The molecule has 4 nitrogen and oxygen atoms in total. The van der Waals surface area contributed by atoms with E-state index in [1.807, 2.05) is 48.5 Å². The zero-order valence-corrected chi connectivity index (χ0v) is 16.7. The third kappa shape index (κ3) is 3.12. The van der Waals surface area contributed by atoms with Crippen molar-refractivity contribution < 1.29 is 0 Å². The van der Waals surface area contributed by atoms with E-state index in [4.69, 9.17) is 16.6 Å². The molecule has 0 aliphatic heterocycles. The summed E-state index contributed by atoms with van der Waals surface area (Å²) in [5.74, 6) is 0.917. The van der Waals surface area contributed by atoms with Crippen LogP contribution < -0.4 is 0 Å². The summed E-state index contributed by atoms with van der Waals surface area (Å²) in [4.78, 5) is 12.8. The Bertz CT molecular complexity index is 1250. The third-order valence-corrected chi connectivity index (χ3v) is 5.38. The number of nitrogens with one attached hydrogen (secondary N) is 1. The number of rotatable bonds is 4. The highest BCUT2D eigenvalue weighted by atomic mass is 35.5. The molecule has 3 aromatic heterocycles. The molecule has 2 aromatic carbocycles. The number of aromatic amines is 1. The molecule has 0 unspecified atom stereocenters. The van der Waals surface area contributed by atoms with Crippen molar-refractivity contribution in [2.45, 2.75) is 13.5 Å². The Morgan fingerprint density at radius 1 is 0.931 bits per heavy atom. The molecule has 0 saturated heterocycles. The van der Waals surface area contributed by atoms with Crippen molar-refractivity contribution in [3.8, 4) is 34.0 Å². The molecule has 142 valence electrons. The number of fused-ring (bicyclic) bond motifs is 1. The second-order valence-corrected chi connectivity index (χ2v) is 7.33. The number of pyridine rings is 1. The van der Waals surface area contributed by atoms with Crippen molar-refractivity contribution in [2.24, 2.45) is 0 Å². The van der Waals surface area contributed by atoms with Crippen molar-refractivity contribution in [1.82, 2.24) is 19.5 Å². The summed E-state index contributed by atoms with van der Waals surface area (Å²) in [7, 11) is 0. The SMILES string of the molecule is CCn1c(-c2cc3ccccc3[nH]2)nc(-c2ccncc2)c1-c1ccc(Cl)cc1. The van der Waals surface area contributed by atoms with E-state index >= 15 is 0 Å². The van der Waals surface area contributed by atoms with Crippen LogP contribution in [0.2, 0.25) is 5.02 Å². The van der Waals surface area contributed by atoms with E-state index in [0.717, 1.165) is 51.1 Å². The van der Waals surface area contributed by atoms with Gasteiger partial charge in [0.15, 0.2) is 5.82 Å². The van der Waals surface area contributed by atoms with Crippen LogP contribution in [0.4, 0.5) is 0 Å². The minimum Gasteiger partial charge on any atom is -0.352 e. The Morgan fingerprint density at radius 3 is 2.41 bits per heavy atom. The number of H-pyrrole nitrogens is 1. The molecule has 5 rings (SSSR count). The first-order valence-electron chi connectivity index (χ1n) is 9.59. The maximum Gasteiger partial charge on any atom is 0.157 e. The molecule has 0 spiro atoms. The summed E-state index contributed by atoms with van der Waals surface area (Å²) < 4.78 is 2.25. The van der Waals surface area contributed by atoms with Crippen LogP contribution in [-0.4, -0.2) is 19.5 Å². The van der Waals surface area contributed by atoms with Gasteiger partial charge in [0, 0.05) is 46.0 Å². The van der Waals surface area contributed by atoms with Gasteiger partial charge in [0.1, 0.15) is 0 Å². The monoisotopic (exact) mass is 398 g/mol. The summed E-state index contributed by atoms with van der Waals surface area (Å²) in [6, 6.07) is 22.4. The van der Waals surface area contributed by atoms with Gasteiger partial charge in [0.2, 0.25) is 0 Å². The van der Waals surface area contributed by atoms with Gasteiger partial charge in [-0.05, 0) is 43.3 Å². The average Bonchev–Trinajstić information content (AvgIpc) is 3.36. The lowest BCUT2D eigenvalue weighted by Crippen LogP contribution is -2.00. The Hall–Kier alpha value is -3.37. The fourth-order valence-corrected chi connectivity index (χ4v) is 3.90. The summed E-state index contributed by atoms with van der Waals surface area (Å²) in [6.45, 7) is 2.93. The van der Waals surface area contributed by atoms with Crippen LogP contribution >= 0.6 is 11.6 Å². The molecule has 0 aliphatic carbocycles. The van der Waals surface area contributed by atoms with Crippen LogP contribution in [-0.2, 0) is 6.54 Å². The number of hydrogen-bond acceptors (Lipinski definition) is 2. The lowest BCUT2D eigenvalue weighted by Gasteiger charge is -2.10. The molecule has 0 bridgehead atoms. The standard InChI is InChI=1S/C24H19ClN4/c1-2-29-23(17-7-9-19(25)10-8-17)22(16-11-13-26-14-12-16)28-24(29)21-15-18-5-3-4-6-20(18)27-21/h3-15,27H,2H2,1H3. The molecule has 0 radical (unpaired) electrons.